The van der Waals surface area contributed by atoms with E-state index in [4.69, 9.17) is 11.6 Å². The number of nitrogens with zero attached hydrogens (tertiary/aromatic N) is 3. The lowest BCUT2D eigenvalue weighted by molar-refractivity contribution is -0.116. The van der Waals surface area contributed by atoms with Gasteiger partial charge in [0.15, 0.2) is 5.01 Å². The SMILES string of the molecule is O=C(CCCCl)Nc1nnc(-c2cccnc2)s1. The summed E-state index contributed by atoms with van der Waals surface area (Å²) in [5, 5.41) is 11.8. The average Bonchev–Trinajstić information content (AvgIpc) is 2.86. The summed E-state index contributed by atoms with van der Waals surface area (Å²) < 4.78 is 0. The van der Waals surface area contributed by atoms with Gasteiger partial charge in [0.2, 0.25) is 11.0 Å². The molecule has 0 fully saturated rings. The summed E-state index contributed by atoms with van der Waals surface area (Å²) in [6, 6.07) is 3.72. The molecule has 0 aliphatic heterocycles. The molecule has 2 heterocycles. The van der Waals surface area contributed by atoms with E-state index in [1.54, 1.807) is 12.4 Å². The van der Waals surface area contributed by atoms with Crippen LogP contribution in [-0.4, -0.2) is 27.0 Å². The number of rotatable bonds is 5. The zero-order chi connectivity index (χ0) is 12.8. The molecule has 7 heteroatoms. The third-order valence-electron chi connectivity index (χ3n) is 2.12. The van der Waals surface area contributed by atoms with Gasteiger partial charge in [0.1, 0.15) is 0 Å². The Kier molecular flexibility index (Phi) is 4.60. The van der Waals surface area contributed by atoms with Crippen LogP contribution in [0.2, 0.25) is 0 Å². The minimum atomic E-state index is -0.0930. The molecule has 0 saturated heterocycles. The Balaban J connectivity index is 2.00. The lowest BCUT2D eigenvalue weighted by Gasteiger charge is -1.98. The smallest absolute Gasteiger partial charge is 0.226 e. The molecule has 0 aromatic carbocycles. The molecule has 0 aliphatic rings. The van der Waals surface area contributed by atoms with Crippen LogP contribution in [0, 0.1) is 0 Å². The Hall–Kier alpha value is -1.53. The van der Waals surface area contributed by atoms with Crippen LogP contribution >= 0.6 is 22.9 Å². The van der Waals surface area contributed by atoms with Crippen LogP contribution in [0.1, 0.15) is 12.8 Å². The zero-order valence-electron chi connectivity index (χ0n) is 9.47. The number of halogens is 1. The second kappa shape index (κ2) is 6.42. The van der Waals surface area contributed by atoms with E-state index in [2.05, 4.69) is 20.5 Å². The van der Waals surface area contributed by atoms with E-state index in [1.165, 1.54) is 11.3 Å². The summed E-state index contributed by atoms with van der Waals surface area (Å²) in [5.74, 6) is 0.384. The van der Waals surface area contributed by atoms with Crippen molar-refractivity contribution in [3.05, 3.63) is 24.5 Å². The summed E-state index contributed by atoms with van der Waals surface area (Å²) >= 11 is 6.84. The topological polar surface area (TPSA) is 67.8 Å². The first-order valence-corrected chi connectivity index (χ1v) is 6.74. The van der Waals surface area contributed by atoms with E-state index in [-0.39, 0.29) is 5.91 Å². The third kappa shape index (κ3) is 3.48. The van der Waals surface area contributed by atoms with E-state index in [1.807, 2.05) is 12.1 Å². The summed E-state index contributed by atoms with van der Waals surface area (Å²) in [6.45, 7) is 0. The molecule has 1 amide bonds. The Bertz CT molecular complexity index is 517. The van der Waals surface area contributed by atoms with Crippen LogP contribution in [0.3, 0.4) is 0 Å². The average molecular weight is 283 g/mol. The van der Waals surface area contributed by atoms with Crippen molar-refractivity contribution < 1.29 is 4.79 Å². The van der Waals surface area contributed by atoms with Crippen LogP contribution in [0.15, 0.2) is 24.5 Å². The number of hydrogen-bond acceptors (Lipinski definition) is 5. The Morgan fingerprint density at radius 2 is 2.33 bits per heavy atom. The fourth-order valence-electron chi connectivity index (χ4n) is 1.29. The van der Waals surface area contributed by atoms with Crippen molar-refractivity contribution in [1.29, 1.82) is 0 Å². The van der Waals surface area contributed by atoms with Crippen molar-refractivity contribution in [3.63, 3.8) is 0 Å². The van der Waals surface area contributed by atoms with Crippen molar-refractivity contribution in [3.8, 4) is 10.6 Å². The van der Waals surface area contributed by atoms with E-state index in [0.717, 1.165) is 10.6 Å². The van der Waals surface area contributed by atoms with E-state index in [9.17, 15) is 4.79 Å². The molecule has 2 aromatic rings. The molecule has 18 heavy (non-hydrogen) atoms. The largest absolute Gasteiger partial charge is 0.301 e. The molecular weight excluding hydrogens is 272 g/mol. The molecule has 0 saturated carbocycles. The van der Waals surface area contributed by atoms with E-state index >= 15 is 0 Å². The maximum absolute atomic E-state index is 11.5. The van der Waals surface area contributed by atoms with Gasteiger partial charge in [-0.2, -0.15) is 0 Å². The van der Waals surface area contributed by atoms with Gasteiger partial charge in [0.25, 0.3) is 0 Å². The summed E-state index contributed by atoms with van der Waals surface area (Å²) in [6.07, 6.45) is 4.45. The second-order valence-corrected chi connectivity index (χ2v) is 4.85. The van der Waals surface area contributed by atoms with E-state index < -0.39 is 0 Å². The summed E-state index contributed by atoms with van der Waals surface area (Å²) in [5.41, 5.74) is 0.885. The summed E-state index contributed by atoms with van der Waals surface area (Å²) in [4.78, 5) is 15.5. The molecule has 2 rings (SSSR count). The highest BCUT2D eigenvalue weighted by Crippen LogP contribution is 2.25. The first-order chi connectivity index (χ1) is 8.79. The monoisotopic (exact) mass is 282 g/mol. The number of carbonyl (C=O) groups is 1. The number of amides is 1. The van der Waals surface area contributed by atoms with Crippen LogP contribution in [0.4, 0.5) is 5.13 Å². The predicted molar refractivity (Wildman–Crippen MR) is 71.7 cm³/mol. The highest BCUT2D eigenvalue weighted by atomic mass is 35.5. The highest BCUT2D eigenvalue weighted by Gasteiger charge is 2.09. The number of nitrogens with one attached hydrogen (secondary N) is 1. The number of pyridine rings is 1. The van der Waals surface area contributed by atoms with Crippen molar-refractivity contribution in [2.75, 3.05) is 11.2 Å². The standard InChI is InChI=1S/C11H11ClN4OS/c12-5-1-4-9(17)14-11-16-15-10(18-11)8-3-2-6-13-7-8/h2-3,6-7H,1,4-5H2,(H,14,16,17). The minimum Gasteiger partial charge on any atom is -0.301 e. The quantitative estimate of drug-likeness (QED) is 0.856. The highest BCUT2D eigenvalue weighted by molar-refractivity contribution is 7.18. The molecule has 0 radical (unpaired) electrons. The van der Waals surface area contributed by atoms with Crippen LogP contribution < -0.4 is 5.32 Å². The minimum absolute atomic E-state index is 0.0930. The van der Waals surface area contributed by atoms with Gasteiger partial charge in [-0.25, -0.2) is 0 Å². The third-order valence-corrected chi connectivity index (χ3v) is 3.27. The van der Waals surface area contributed by atoms with Crippen molar-refractivity contribution >= 4 is 34.0 Å². The lowest BCUT2D eigenvalue weighted by atomic mass is 10.3. The maximum atomic E-state index is 11.5. The van der Waals surface area contributed by atoms with Gasteiger partial charge in [-0.1, -0.05) is 11.3 Å². The lowest BCUT2D eigenvalue weighted by Crippen LogP contribution is -2.10. The van der Waals surface area contributed by atoms with Crippen LogP contribution in [0.25, 0.3) is 10.6 Å². The first-order valence-electron chi connectivity index (χ1n) is 5.39. The zero-order valence-corrected chi connectivity index (χ0v) is 11.0. The normalized spacial score (nSPS) is 10.3. The molecule has 5 nitrogen and oxygen atoms in total. The van der Waals surface area contributed by atoms with Crippen molar-refractivity contribution in [1.82, 2.24) is 15.2 Å². The van der Waals surface area contributed by atoms with Gasteiger partial charge in [-0.05, 0) is 18.6 Å². The number of anilines is 1. The Morgan fingerprint density at radius 3 is 3.06 bits per heavy atom. The molecule has 0 unspecified atom stereocenters. The number of aromatic nitrogens is 3. The molecule has 0 bridgehead atoms. The van der Waals surface area contributed by atoms with Crippen LogP contribution in [0.5, 0.6) is 0 Å². The van der Waals surface area contributed by atoms with Gasteiger partial charge >= 0.3 is 0 Å². The van der Waals surface area contributed by atoms with E-state index in [0.29, 0.717) is 23.9 Å². The fourth-order valence-corrected chi connectivity index (χ4v) is 2.17. The van der Waals surface area contributed by atoms with Gasteiger partial charge < -0.3 is 5.32 Å². The van der Waals surface area contributed by atoms with Gasteiger partial charge in [0, 0.05) is 30.3 Å². The first kappa shape index (κ1) is 12.9. The van der Waals surface area contributed by atoms with Crippen molar-refractivity contribution in [2.24, 2.45) is 0 Å². The molecule has 1 N–H and O–H groups in total. The molecular formula is C11H11ClN4OS. The number of carbonyl (C=O) groups excluding carboxylic acids is 1. The maximum Gasteiger partial charge on any atom is 0.226 e. The van der Waals surface area contributed by atoms with Crippen molar-refractivity contribution in [2.45, 2.75) is 12.8 Å². The summed E-state index contributed by atoms with van der Waals surface area (Å²) in [7, 11) is 0. The molecule has 0 aliphatic carbocycles. The Labute approximate surface area is 113 Å². The molecule has 0 atom stereocenters. The fraction of sp³-hybridized carbons (Fsp3) is 0.273. The molecule has 2 aromatic heterocycles. The van der Waals surface area contributed by atoms with Gasteiger partial charge in [-0.15, -0.1) is 21.8 Å². The molecule has 0 spiro atoms. The number of alkyl halides is 1. The van der Waals surface area contributed by atoms with Crippen LogP contribution in [-0.2, 0) is 4.79 Å². The second-order valence-electron chi connectivity index (χ2n) is 3.49. The molecule has 94 valence electrons. The predicted octanol–water partition coefficient (Wildman–Crippen LogP) is 2.56. The Morgan fingerprint density at radius 1 is 1.44 bits per heavy atom. The van der Waals surface area contributed by atoms with Gasteiger partial charge in [0.05, 0.1) is 0 Å². The number of hydrogen-bond donors (Lipinski definition) is 1. The van der Waals surface area contributed by atoms with Gasteiger partial charge in [-0.3, -0.25) is 9.78 Å².